The summed E-state index contributed by atoms with van der Waals surface area (Å²) in [6.07, 6.45) is 3.96. The molecule has 1 aromatic carbocycles. The number of carbonyl (C=O) groups excluding carboxylic acids is 1. The third-order valence-corrected chi connectivity index (χ3v) is 3.21. The van der Waals surface area contributed by atoms with Crippen molar-refractivity contribution in [1.29, 1.82) is 0 Å². The highest BCUT2D eigenvalue weighted by Gasteiger charge is 2.25. The van der Waals surface area contributed by atoms with Crippen LogP contribution in [0.3, 0.4) is 0 Å². The minimum atomic E-state index is -0.451. The third-order valence-electron chi connectivity index (χ3n) is 3.21. The Morgan fingerprint density at radius 3 is 2.80 bits per heavy atom. The van der Waals surface area contributed by atoms with Crippen LogP contribution >= 0.6 is 0 Å². The van der Waals surface area contributed by atoms with Gasteiger partial charge in [0.1, 0.15) is 5.69 Å². The summed E-state index contributed by atoms with van der Waals surface area (Å²) in [4.78, 5) is 22.5. The zero-order chi connectivity index (χ0) is 14.5. The van der Waals surface area contributed by atoms with E-state index >= 15 is 0 Å². The molecule has 1 amide bonds. The van der Waals surface area contributed by atoms with E-state index in [2.05, 4.69) is 10.6 Å². The van der Waals surface area contributed by atoms with Crippen LogP contribution in [0.5, 0.6) is 0 Å². The first kappa shape index (κ1) is 14.3. The van der Waals surface area contributed by atoms with Gasteiger partial charge >= 0.3 is 0 Å². The lowest BCUT2D eigenvalue weighted by Gasteiger charge is -2.08. The number of unbranched alkanes of at least 4 members (excludes halogenated alkanes) is 1. The zero-order valence-electron chi connectivity index (χ0n) is 11.5. The van der Waals surface area contributed by atoms with Crippen LogP contribution in [0.15, 0.2) is 18.2 Å². The molecule has 1 aliphatic carbocycles. The van der Waals surface area contributed by atoms with E-state index < -0.39 is 4.92 Å². The van der Waals surface area contributed by atoms with Gasteiger partial charge in [-0.25, -0.2) is 0 Å². The number of carbonyl (C=O) groups is 1. The van der Waals surface area contributed by atoms with Crippen molar-refractivity contribution in [3.05, 3.63) is 33.9 Å². The van der Waals surface area contributed by atoms with Crippen LogP contribution in [0.2, 0.25) is 0 Å². The van der Waals surface area contributed by atoms with Gasteiger partial charge in [-0.2, -0.15) is 0 Å². The molecule has 1 aliphatic rings. The molecule has 0 aliphatic heterocycles. The van der Waals surface area contributed by atoms with Gasteiger partial charge in [-0.1, -0.05) is 13.3 Å². The topological polar surface area (TPSA) is 84.3 Å². The van der Waals surface area contributed by atoms with E-state index in [1.807, 2.05) is 6.92 Å². The van der Waals surface area contributed by atoms with Gasteiger partial charge < -0.3 is 10.6 Å². The largest absolute Gasteiger partial charge is 0.377 e. The zero-order valence-corrected chi connectivity index (χ0v) is 11.5. The lowest BCUT2D eigenvalue weighted by molar-refractivity contribution is -0.384. The molecule has 0 bridgehead atoms. The maximum Gasteiger partial charge on any atom is 0.293 e. The number of nitrogens with zero attached hydrogens (tertiary/aromatic N) is 1. The molecule has 6 heteroatoms. The number of amides is 1. The Morgan fingerprint density at radius 1 is 1.45 bits per heavy atom. The summed E-state index contributed by atoms with van der Waals surface area (Å²) in [5.41, 5.74) is 0.775. The minimum absolute atomic E-state index is 0.0416. The lowest BCUT2D eigenvalue weighted by Crippen LogP contribution is -2.24. The van der Waals surface area contributed by atoms with E-state index in [0.717, 1.165) is 25.7 Å². The number of nitro benzene ring substituents is 1. The first-order valence-corrected chi connectivity index (χ1v) is 6.95. The molecule has 0 radical (unpaired) electrons. The Bertz CT molecular complexity index is 512. The minimum Gasteiger partial charge on any atom is -0.377 e. The predicted molar refractivity (Wildman–Crippen MR) is 77.0 cm³/mol. The van der Waals surface area contributed by atoms with Gasteiger partial charge in [-0.3, -0.25) is 14.9 Å². The number of anilines is 1. The van der Waals surface area contributed by atoms with E-state index in [-0.39, 0.29) is 11.6 Å². The fourth-order valence-electron chi connectivity index (χ4n) is 1.87. The highest BCUT2D eigenvalue weighted by Crippen LogP contribution is 2.31. The molecule has 0 unspecified atom stereocenters. The Hall–Kier alpha value is -2.11. The van der Waals surface area contributed by atoms with Crippen LogP contribution in [0.4, 0.5) is 11.4 Å². The van der Waals surface area contributed by atoms with Crippen LogP contribution < -0.4 is 10.6 Å². The third kappa shape index (κ3) is 3.69. The van der Waals surface area contributed by atoms with Gasteiger partial charge in [-0.05, 0) is 31.4 Å². The summed E-state index contributed by atoms with van der Waals surface area (Å²) in [5.74, 6) is -0.264. The van der Waals surface area contributed by atoms with Gasteiger partial charge in [0.2, 0.25) is 0 Å². The second-order valence-electron chi connectivity index (χ2n) is 5.02. The summed E-state index contributed by atoms with van der Waals surface area (Å²) >= 11 is 0. The Labute approximate surface area is 117 Å². The second kappa shape index (κ2) is 6.36. The maximum absolute atomic E-state index is 11.9. The average molecular weight is 277 g/mol. The van der Waals surface area contributed by atoms with Crippen molar-refractivity contribution in [3.8, 4) is 0 Å². The van der Waals surface area contributed by atoms with Crippen molar-refractivity contribution in [2.24, 2.45) is 0 Å². The standard InChI is InChI=1S/C14H19N3O3/c1-2-3-8-15-14(18)10-4-7-12(16-11-5-6-11)13(9-10)17(19)20/h4,7,9,11,16H,2-3,5-6,8H2,1H3,(H,15,18). The van der Waals surface area contributed by atoms with Gasteiger partial charge in [0, 0.05) is 24.2 Å². The summed E-state index contributed by atoms with van der Waals surface area (Å²) in [6.45, 7) is 2.63. The second-order valence-corrected chi connectivity index (χ2v) is 5.02. The molecule has 1 fully saturated rings. The van der Waals surface area contributed by atoms with Crippen LogP contribution in [0, 0.1) is 10.1 Å². The molecule has 0 saturated heterocycles. The van der Waals surface area contributed by atoms with Crippen LogP contribution in [0.25, 0.3) is 0 Å². The SMILES string of the molecule is CCCCNC(=O)c1ccc(NC2CC2)c([N+](=O)[O-])c1. The molecule has 6 nitrogen and oxygen atoms in total. The molecule has 0 heterocycles. The average Bonchev–Trinajstić information content (AvgIpc) is 3.23. The van der Waals surface area contributed by atoms with E-state index in [1.165, 1.54) is 6.07 Å². The van der Waals surface area contributed by atoms with Gasteiger partial charge in [-0.15, -0.1) is 0 Å². The smallest absolute Gasteiger partial charge is 0.293 e. The monoisotopic (exact) mass is 277 g/mol. The first-order valence-electron chi connectivity index (χ1n) is 6.95. The fraction of sp³-hybridized carbons (Fsp3) is 0.500. The maximum atomic E-state index is 11.9. The van der Waals surface area contributed by atoms with Gasteiger partial charge in [0.25, 0.3) is 11.6 Å². The van der Waals surface area contributed by atoms with E-state index in [1.54, 1.807) is 12.1 Å². The number of hydrogen-bond acceptors (Lipinski definition) is 4. The van der Waals surface area contributed by atoms with Gasteiger partial charge in [0.05, 0.1) is 4.92 Å². The molecule has 2 N–H and O–H groups in total. The molecule has 2 rings (SSSR count). The number of benzene rings is 1. The van der Waals surface area contributed by atoms with Crippen molar-refractivity contribution in [2.45, 2.75) is 38.6 Å². The highest BCUT2D eigenvalue weighted by molar-refractivity contribution is 5.95. The van der Waals surface area contributed by atoms with Crippen molar-refractivity contribution >= 4 is 17.3 Å². The van der Waals surface area contributed by atoms with Gasteiger partial charge in [0.15, 0.2) is 0 Å². The molecule has 1 saturated carbocycles. The lowest BCUT2D eigenvalue weighted by atomic mass is 10.1. The Morgan fingerprint density at radius 2 is 2.20 bits per heavy atom. The predicted octanol–water partition coefficient (Wildman–Crippen LogP) is 2.70. The molecular formula is C14H19N3O3. The molecule has 1 aromatic rings. The summed E-state index contributed by atoms with van der Waals surface area (Å²) in [5, 5.41) is 17.0. The number of nitro groups is 1. The van der Waals surface area contributed by atoms with Crippen molar-refractivity contribution in [2.75, 3.05) is 11.9 Å². The van der Waals surface area contributed by atoms with E-state index in [4.69, 9.17) is 0 Å². The molecule has 0 spiro atoms. The fourth-order valence-corrected chi connectivity index (χ4v) is 1.87. The number of nitrogens with one attached hydrogen (secondary N) is 2. The van der Waals surface area contributed by atoms with Crippen molar-refractivity contribution < 1.29 is 9.72 Å². The van der Waals surface area contributed by atoms with E-state index in [9.17, 15) is 14.9 Å². The van der Waals surface area contributed by atoms with Crippen LogP contribution in [-0.4, -0.2) is 23.4 Å². The highest BCUT2D eigenvalue weighted by atomic mass is 16.6. The number of hydrogen-bond donors (Lipinski definition) is 2. The molecule has 0 aromatic heterocycles. The van der Waals surface area contributed by atoms with Crippen molar-refractivity contribution in [3.63, 3.8) is 0 Å². The van der Waals surface area contributed by atoms with Crippen molar-refractivity contribution in [1.82, 2.24) is 5.32 Å². The normalized spacial score (nSPS) is 13.8. The molecule has 0 atom stereocenters. The quantitative estimate of drug-likeness (QED) is 0.456. The summed E-state index contributed by atoms with van der Waals surface area (Å²) < 4.78 is 0. The van der Waals surface area contributed by atoms with Crippen LogP contribution in [0.1, 0.15) is 43.0 Å². The van der Waals surface area contributed by atoms with E-state index in [0.29, 0.717) is 23.8 Å². The molecule has 108 valence electrons. The molecular weight excluding hydrogens is 258 g/mol. The molecule has 20 heavy (non-hydrogen) atoms. The summed E-state index contributed by atoms with van der Waals surface area (Å²) in [6, 6.07) is 4.91. The first-order chi connectivity index (χ1) is 9.61. The Kier molecular flexibility index (Phi) is 4.55. The summed E-state index contributed by atoms with van der Waals surface area (Å²) in [7, 11) is 0. The Balaban J connectivity index is 2.11. The number of rotatable bonds is 7. The van der Waals surface area contributed by atoms with Crippen LogP contribution in [-0.2, 0) is 0 Å².